The smallest absolute Gasteiger partial charge is 0.323 e. The Kier molecular flexibility index (Phi) is 6.34. The number of pyridine rings is 1. The zero-order valence-electron chi connectivity index (χ0n) is 16.9. The predicted molar refractivity (Wildman–Crippen MR) is 106 cm³/mol. The number of nitrogens with one attached hydrogen (secondary N) is 1. The lowest BCUT2D eigenvalue weighted by Crippen LogP contribution is -2.45. The van der Waals surface area contributed by atoms with E-state index in [1.807, 2.05) is 0 Å². The van der Waals surface area contributed by atoms with E-state index in [0.717, 1.165) is 23.1 Å². The molecule has 174 valence electrons. The van der Waals surface area contributed by atoms with Crippen molar-refractivity contribution in [2.75, 3.05) is 16.8 Å². The Bertz CT molecular complexity index is 1170. The molecule has 0 aliphatic carbocycles. The number of aryl methyl sites for hydroxylation is 1. The Labute approximate surface area is 187 Å². The Morgan fingerprint density at radius 2 is 1.88 bits per heavy atom. The van der Waals surface area contributed by atoms with Gasteiger partial charge in [-0.25, -0.2) is 4.98 Å². The molecule has 2 amide bonds. The number of thioether (sulfide) groups is 1. The first kappa shape index (κ1) is 24.4. The summed E-state index contributed by atoms with van der Waals surface area (Å²) in [4.78, 5) is 29.9. The van der Waals surface area contributed by atoms with Gasteiger partial charge < -0.3 is 5.32 Å². The van der Waals surface area contributed by atoms with Gasteiger partial charge in [0, 0.05) is 5.69 Å². The first-order chi connectivity index (χ1) is 15.2. The maximum absolute atomic E-state index is 13.3. The van der Waals surface area contributed by atoms with E-state index in [-0.39, 0.29) is 22.1 Å². The van der Waals surface area contributed by atoms with Crippen molar-refractivity contribution in [2.24, 2.45) is 0 Å². The van der Waals surface area contributed by atoms with Crippen LogP contribution >= 0.6 is 11.8 Å². The molecule has 1 aromatic carbocycles. The van der Waals surface area contributed by atoms with Gasteiger partial charge in [-0.2, -0.15) is 31.6 Å². The summed E-state index contributed by atoms with van der Waals surface area (Å²) in [6, 6.07) is 4.66. The van der Waals surface area contributed by atoms with Gasteiger partial charge in [-0.05, 0) is 38.1 Å². The number of halogens is 6. The second-order valence-electron chi connectivity index (χ2n) is 7.06. The number of hydrogen-bond donors (Lipinski definition) is 1. The zero-order chi connectivity index (χ0) is 24.7. The van der Waals surface area contributed by atoms with E-state index in [1.54, 1.807) is 0 Å². The molecule has 2 aromatic rings. The van der Waals surface area contributed by atoms with Gasteiger partial charge in [0.2, 0.25) is 11.8 Å². The molecule has 0 saturated heterocycles. The van der Waals surface area contributed by atoms with Gasteiger partial charge in [0.25, 0.3) is 0 Å². The predicted octanol–water partition coefficient (Wildman–Crippen LogP) is 4.77. The number of nitrogens with zero attached hydrogens (tertiary/aromatic N) is 3. The van der Waals surface area contributed by atoms with Gasteiger partial charge in [-0.3, -0.25) is 14.5 Å². The Balaban J connectivity index is 1.94. The van der Waals surface area contributed by atoms with E-state index < -0.39 is 52.7 Å². The quantitative estimate of drug-likeness (QED) is 0.497. The molecular formula is C20H14F6N4O2S. The van der Waals surface area contributed by atoms with Crippen LogP contribution in [0.3, 0.4) is 0 Å². The molecule has 33 heavy (non-hydrogen) atoms. The number of nitriles is 1. The number of hydrogen-bond acceptors (Lipinski definition) is 5. The van der Waals surface area contributed by atoms with E-state index in [9.17, 15) is 41.2 Å². The molecule has 1 aliphatic heterocycles. The van der Waals surface area contributed by atoms with Crippen LogP contribution in [0.2, 0.25) is 0 Å². The van der Waals surface area contributed by atoms with Crippen LogP contribution in [0, 0.1) is 18.3 Å². The summed E-state index contributed by atoms with van der Waals surface area (Å²) in [5, 5.41) is 10.1. The summed E-state index contributed by atoms with van der Waals surface area (Å²) in [6.07, 6.45) is -9.49. The van der Waals surface area contributed by atoms with E-state index in [1.165, 1.54) is 19.9 Å². The normalized spacial score (nSPS) is 14.9. The van der Waals surface area contributed by atoms with E-state index in [2.05, 4.69) is 10.3 Å². The van der Waals surface area contributed by atoms with Crippen molar-refractivity contribution in [3.63, 3.8) is 0 Å². The van der Waals surface area contributed by atoms with Gasteiger partial charge in [-0.15, -0.1) is 0 Å². The third-order valence-electron chi connectivity index (χ3n) is 4.62. The molecule has 2 heterocycles. The minimum atomic E-state index is -4.82. The van der Waals surface area contributed by atoms with Crippen LogP contribution in [-0.2, 0) is 21.9 Å². The van der Waals surface area contributed by atoms with Gasteiger partial charge in [0.05, 0.1) is 33.3 Å². The molecule has 1 aliphatic rings. The van der Waals surface area contributed by atoms with Crippen molar-refractivity contribution >= 4 is 35.0 Å². The minimum absolute atomic E-state index is 0.00809. The maximum atomic E-state index is 13.3. The molecule has 13 heteroatoms. The highest BCUT2D eigenvalue weighted by Gasteiger charge is 2.38. The fraction of sp³-hybridized carbons (Fsp3) is 0.300. The molecule has 1 aromatic heterocycles. The molecule has 6 nitrogen and oxygen atoms in total. The lowest BCUT2D eigenvalue weighted by atomic mass is 10.1. The van der Waals surface area contributed by atoms with Crippen LogP contribution in [0.4, 0.5) is 37.7 Å². The van der Waals surface area contributed by atoms with Crippen LogP contribution in [0.5, 0.6) is 0 Å². The number of carbonyl (C=O) groups is 2. The molecule has 0 spiro atoms. The van der Waals surface area contributed by atoms with Crippen molar-refractivity contribution in [1.29, 1.82) is 5.26 Å². The van der Waals surface area contributed by atoms with Gasteiger partial charge in [0.1, 0.15) is 17.6 Å². The number of carbonyl (C=O) groups excluding carboxylic acids is 2. The molecule has 0 bridgehead atoms. The number of fused-ring (bicyclic) bond motifs is 1. The van der Waals surface area contributed by atoms with Crippen molar-refractivity contribution in [2.45, 2.75) is 36.5 Å². The van der Waals surface area contributed by atoms with Crippen LogP contribution in [0.1, 0.15) is 29.3 Å². The first-order valence-corrected chi connectivity index (χ1v) is 10.1. The lowest BCUT2D eigenvalue weighted by molar-refractivity contribution is -0.138. The summed E-state index contributed by atoms with van der Waals surface area (Å²) in [7, 11) is 0. The highest BCUT2D eigenvalue weighted by molar-refractivity contribution is 8.00. The van der Waals surface area contributed by atoms with E-state index >= 15 is 0 Å². The second-order valence-corrected chi connectivity index (χ2v) is 8.39. The summed E-state index contributed by atoms with van der Waals surface area (Å²) in [5.41, 5.74) is -3.20. The molecule has 0 saturated carbocycles. The molecule has 0 fully saturated rings. The average molecular weight is 488 g/mol. The average Bonchev–Trinajstić information content (AvgIpc) is 2.70. The van der Waals surface area contributed by atoms with Crippen LogP contribution in [0.15, 0.2) is 29.3 Å². The topological polar surface area (TPSA) is 86.1 Å². The number of rotatable bonds is 3. The third kappa shape index (κ3) is 5.05. The Morgan fingerprint density at radius 3 is 2.45 bits per heavy atom. The molecule has 1 atom stereocenters. The highest BCUT2D eigenvalue weighted by atomic mass is 32.2. The van der Waals surface area contributed by atoms with Crippen LogP contribution < -0.4 is 10.2 Å². The van der Waals surface area contributed by atoms with Gasteiger partial charge in [-0.1, -0.05) is 11.8 Å². The fourth-order valence-electron chi connectivity index (χ4n) is 3.16. The lowest BCUT2D eigenvalue weighted by Gasteiger charge is -2.31. The zero-order valence-corrected chi connectivity index (χ0v) is 17.7. The standard InChI is InChI=1S/C20H14F6N4O2S/c1-9-5-13(20(24,25)26)12(7-27)17(28-9)33-10(2)18(32)30-8-16(31)29-14-6-11(19(21,22)23)3-4-15(14)30/h3-6,10H,8H2,1-2H3,(H,29,31). The number of anilines is 2. The SMILES string of the molecule is Cc1cc(C(F)(F)F)c(C#N)c(SC(C)C(=O)N2CC(=O)Nc3cc(C(F)(F)F)ccc32)n1. The van der Waals surface area contributed by atoms with E-state index in [0.29, 0.717) is 17.8 Å². The van der Waals surface area contributed by atoms with Crippen molar-refractivity contribution in [1.82, 2.24) is 4.98 Å². The Hall–Kier alpha value is -3.27. The van der Waals surface area contributed by atoms with Crippen molar-refractivity contribution < 1.29 is 35.9 Å². The van der Waals surface area contributed by atoms with Crippen molar-refractivity contribution in [3.8, 4) is 6.07 Å². The molecule has 1 unspecified atom stereocenters. The number of alkyl halides is 6. The fourth-order valence-corrected chi connectivity index (χ4v) is 4.19. The highest BCUT2D eigenvalue weighted by Crippen LogP contribution is 2.39. The number of benzene rings is 1. The summed E-state index contributed by atoms with van der Waals surface area (Å²) in [6.45, 7) is 2.14. The Morgan fingerprint density at radius 1 is 1.21 bits per heavy atom. The largest absolute Gasteiger partial charge is 0.417 e. The third-order valence-corrected chi connectivity index (χ3v) is 5.70. The molecular weight excluding hydrogens is 474 g/mol. The molecule has 1 N–H and O–H groups in total. The molecule has 3 rings (SSSR count). The van der Waals surface area contributed by atoms with Gasteiger partial charge in [0.15, 0.2) is 0 Å². The van der Waals surface area contributed by atoms with Crippen molar-refractivity contribution in [3.05, 3.63) is 46.6 Å². The van der Waals surface area contributed by atoms with E-state index in [4.69, 9.17) is 0 Å². The van der Waals surface area contributed by atoms with Crippen LogP contribution in [-0.4, -0.2) is 28.6 Å². The maximum Gasteiger partial charge on any atom is 0.417 e. The molecule has 0 radical (unpaired) electrons. The second kappa shape index (κ2) is 8.58. The summed E-state index contributed by atoms with van der Waals surface area (Å²) in [5.74, 6) is -1.49. The summed E-state index contributed by atoms with van der Waals surface area (Å²) >= 11 is 0.588. The summed E-state index contributed by atoms with van der Waals surface area (Å²) < 4.78 is 78.9. The monoisotopic (exact) mass is 488 g/mol. The minimum Gasteiger partial charge on any atom is -0.323 e. The number of amides is 2. The van der Waals surface area contributed by atoms with Crippen LogP contribution in [0.25, 0.3) is 0 Å². The van der Waals surface area contributed by atoms with Gasteiger partial charge >= 0.3 is 12.4 Å². The first-order valence-electron chi connectivity index (χ1n) is 9.20. The number of aromatic nitrogens is 1.